The van der Waals surface area contributed by atoms with Crippen LogP contribution in [0.25, 0.3) is 0 Å². The minimum Gasteiger partial charge on any atom is -0.478 e. The number of methoxy groups -OCH3 is 1. The van der Waals surface area contributed by atoms with Gasteiger partial charge < -0.3 is 15.2 Å². The first-order valence-corrected chi connectivity index (χ1v) is 4.80. The largest absolute Gasteiger partial charge is 0.478 e. The molecule has 1 aromatic rings. The van der Waals surface area contributed by atoms with Crippen LogP contribution in [0.4, 0.5) is 5.82 Å². The van der Waals surface area contributed by atoms with Crippen LogP contribution >= 0.6 is 0 Å². The number of nitrogens with zero attached hydrogens (tertiary/aromatic N) is 2. The van der Waals surface area contributed by atoms with Crippen LogP contribution in [0.2, 0.25) is 0 Å². The van der Waals surface area contributed by atoms with E-state index < -0.39 is 11.6 Å². The molecule has 0 aliphatic heterocycles. The molecule has 6 nitrogen and oxygen atoms in total. The van der Waals surface area contributed by atoms with E-state index in [1.807, 2.05) is 13.8 Å². The summed E-state index contributed by atoms with van der Waals surface area (Å²) in [6.07, 6.45) is 1.34. The van der Waals surface area contributed by atoms with Gasteiger partial charge in [-0.05, 0) is 19.9 Å². The number of aromatic nitrogens is 2. The first-order chi connectivity index (χ1) is 7.46. The summed E-state index contributed by atoms with van der Waals surface area (Å²) in [5.74, 6) is -0.784. The predicted molar refractivity (Wildman–Crippen MR) is 58.6 cm³/mol. The Balaban J connectivity index is 2.78. The lowest BCUT2D eigenvalue weighted by atomic mass is 10.1. The number of carboxylic acid groups (broad SMARTS) is 1. The lowest BCUT2D eigenvalue weighted by Gasteiger charge is -2.23. The molecular formula is C10H15N3O3. The van der Waals surface area contributed by atoms with Crippen molar-refractivity contribution in [1.82, 2.24) is 10.2 Å². The van der Waals surface area contributed by atoms with Gasteiger partial charge in [0.2, 0.25) is 0 Å². The molecule has 0 saturated heterocycles. The zero-order valence-electron chi connectivity index (χ0n) is 9.52. The molecule has 16 heavy (non-hydrogen) atoms. The van der Waals surface area contributed by atoms with E-state index in [9.17, 15) is 4.79 Å². The number of rotatable bonds is 5. The molecule has 0 aromatic carbocycles. The normalized spacial score (nSPS) is 11.2. The molecule has 0 spiro atoms. The maximum absolute atomic E-state index is 10.9. The van der Waals surface area contributed by atoms with Crippen molar-refractivity contribution in [3.05, 3.63) is 17.8 Å². The smallest absolute Gasteiger partial charge is 0.339 e. The number of carbonyl (C=O) groups is 1. The Labute approximate surface area is 93.6 Å². The van der Waals surface area contributed by atoms with Gasteiger partial charge in [-0.25, -0.2) is 4.79 Å². The van der Waals surface area contributed by atoms with Crippen LogP contribution < -0.4 is 5.32 Å². The average molecular weight is 225 g/mol. The standard InChI is InChI=1S/C10H15N3O3/c1-10(2,16-3)6-11-8-7(9(14)15)4-5-12-13-8/h4-5H,6H2,1-3H3,(H,11,13)(H,14,15). The summed E-state index contributed by atoms with van der Waals surface area (Å²) in [7, 11) is 1.59. The van der Waals surface area contributed by atoms with Crippen molar-refractivity contribution < 1.29 is 14.6 Å². The van der Waals surface area contributed by atoms with Gasteiger partial charge in [0.05, 0.1) is 11.8 Å². The fourth-order valence-corrected chi connectivity index (χ4v) is 1.00. The van der Waals surface area contributed by atoms with E-state index in [0.717, 1.165) is 0 Å². The van der Waals surface area contributed by atoms with E-state index >= 15 is 0 Å². The number of hydrogen-bond acceptors (Lipinski definition) is 5. The summed E-state index contributed by atoms with van der Waals surface area (Å²) in [6, 6.07) is 1.40. The van der Waals surface area contributed by atoms with Gasteiger partial charge in [0, 0.05) is 13.7 Å². The highest BCUT2D eigenvalue weighted by Gasteiger charge is 2.18. The van der Waals surface area contributed by atoms with Crippen molar-refractivity contribution in [2.75, 3.05) is 19.0 Å². The van der Waals surface area contributed by atoms with Crippen LogP contribution in [0.1, 0.15) is 24.2 Å². The maximum Gasteiger partial charge on any atom is 0.339 e. The Bertz CT molecular complexity index is 379. The van der Waals surface area contributed by atoms with Crippen molar-refractivity contribution >= 4 is 11.8 Å². The summed E-state index contributed by atoms with van der Waals surface area (Å²) in [5, 5.41) is 19.2. The summed E-state index contributed by atoms with van der Waals surface area (Å²) in [4.78, 5) is 10.9. The molecule has 88 valence electrons. The van der Waals surface area contributed by atoms with Gasteiger partial charge in [-0.15, -0.1) is 5.10 Å². The van der Waals surface area contributed by atoms with E-state index in [4.69, 9.17) is 9.84 Å². The second kappa shape index (κ2) is 4.89. The number of hydrogen-bond donors (Lipinski definition) is 2. The lowest BCUT2D eigenvalue weighted by molar-refractivity contribution is 0.0342. The molecule has 1 heterocycles. The summed E-state index contributed by atoms with van der Waals surface area (Å²) in [5.41, 5.74) is -0.297. The molecule has 0 atom stereocenters. The van der Waals surface area contributed by atoms with Crippen LogP contribution in [0.5, 0.6) is 0 Å². The van der Waals surface area contributed by atoms with Crippen LogP contribution in [0.3, 0.4) is 0 Å². The predicted octanol–water partition coefficient (Wildman–Crippen LogP) is 1.01. The minimum atomic E-state index is -1.03. The first-order valence-electron chi connectivity index (χ1n) is 4.80. The molecule has 0 saturated carbocycles. The number of aromatic carboxylic acids is 1. The lowest BCUT2D eigenvalue weighted by Crippen LogP contribution is -2.32. The Morgan fingerprint density at radius 1 is 1.62 bits per heavy atom. The third-order valence-corrected chi connectivity index (χ3v) is 2.19. The van der Waals surface area contributed by atoms with Crippen molar-refractivity contribution in [3.8, 4) is 0 Å². The SMILES string of the molecule is COC(C)(C)CNc1nnccc1C(=O)O. The second-order valence-corrected chi connectivity index (χ2v) is 3.92. The van der Waals surface area contributed by atoms with E-state index in [-0.39, 0.29) is 11.4 Å². The molecule has 0 amide bonds. The number of nitrogens with one attached hydrogen (secondary N) is 1. The van der Waals surface area contributed by atoms with E-state index in [0.29, 0.717) is 6.54 Å². The molecule has 0 aliphatic rings. The van der Waals surface area contributed by atoms with Gasteiger partial charge >= 0.3 is 5.97 Å². The quantitative estimate of drug-likeness (QED) is 0.778. The van der Waals surface area contributed by atoms with Crippen LogP contribution in [0.15, 0.2) is 12.3 Å². The molecular weight excluding hydrogens is 210 g/mol. The monoisotopic (exact) mass is 225 g/mol. The van der Waals surface area contributed by atoms with E-state index in [1.165, 1.54) is 12.3 Å². The minimum absolute atomic E-state index is 0.0990. The highest BCUT2D eigenvalue weighted by atomic mass is 16.5. The number of anilines is 1. The summed E-state index contributed by atoms with van der Waals surface area (Å²) < 4.78 is 5.20. The van der Waals surface area contributed by atoms with E-state index in [1.54, 1.807) is 7.11 Å². The highest BCUT2D eigenvalue weighted by Crippen LogP contribution is 2.13. The fourth-order valence-electron chi connectivity index (χ4n) is 1.00. The fraction of sp³-hybridized carbons (Fsp3) is 0.500. The molecule has 0 radical (unpaired) electrons. The topological polar surface area (TPSA) is 84.3 Å². The van der Waals surface area contributed by atoms with E-state index in [2.05, 4.69) is 15.5 Å². The number of ether oxygens (including phenoxy) is 1. The Morgan fingerprint density at radius 2 is 2.31 bits per heavy atom. The third-order valence-electron chi connectivity index (χ3n) is 2.19. The molecule has 0 aliphatic carbocycles. The van der Waals surface area contributed by atoms with Crippen molar-refractivity contribution in [3.63, 3.8) is 0 Å². The summed E-state index contributed by atoms with van der Waals surface area (Å²) >= 11 is 0. The Morgan fingerprint density at radius 3 is 2.88 bits per heavy atom. The molecule has 1 aromatic heterocycles. The van der Waals surface area contributed by atoms with Crippen LogP contribution in [-0.2, 0) is 4.74 Å². The van der Waals surface area contributed by atoms with Gasteiger partial charge in [-0.1, -0.05) is 0 Å². The number of carboxylic acids is 1. The van der Waals surface area contributed by atoms with Gasteiger partial charge in [-0.3, -0.25) is 0 Å². The molecule has 2 N–H and O–H groups in total. The zero-order valence-corrected chi connectivity index (χ0v) is 9.52. The summed E-state index contributed by atoms with van der Waals surface area (Å²) in [6.45, 7) is 4.22. The molecule has 0 fully saturated rings. The first kappa shape index (κ1) is 12.4. The second-order valence-electron chi connectivity index (χ2n) is 3.92. The Hall–Kier alpha value is -1.69. The highest BCUT2D eigenvalue weighted by molar-refractivity contribution is 5.92. The van der Waals surface area contributed by atoms with Gasteiger partial charge in [0.15, 0.2) is 5.82 Å². The maximum atomic E-state index is 10.9. The third kappa shape index (κ3) is 3.16. The zero-order chi connectivity index (χ0) is 12.2. The van der Waals surface area contributed by atoms with Gasteiger partial charge in [0.1, 0.15) is 5.56 Å². The molecule has 1 rings (SSSR count). The van der Waals surface area contributed by atoms with Crippen molar-refractivity contribution in [2.24, 2.45) is 0 Å². The van der Waals surface area contributed by atoms with Crippen molar-refractivity contribution in [1.29, 1.82) is 0 Å². The van der Waals surface area contributed by atoms with Gasteiger partial charge in [0.25, 0.3) is 0 Å². The molecule has 0 unspecified atom stereocenters. The molecule has 6 heteroatoms. The molecule has 0 bridgehead atoms. The Kier molecular flexibility index (Phi) is 3.78. The van der Waals surface area contributed by atoms with Crippen LogP contribution in [0, 0.1) is 0 Å². The average Bonchev–Trinajstić information content (AvgIpc) is 2.27. The van der Waals surface area contributed by atoms with Crippen molar-refractivity contribution in [2.45, 2.75) is 19.4 Å². The van der Waals surface area contributed by atoms with Crippen LogP contribution in [-0.4, -0.2) is 40.5 Å². The van der Waals surface area contributed by atoms with Gasteiger partial charge in [-0.2, -0.15) is 5.10 Å².